The van der Waals surface area contributed by atoms with Crippen LogP contribution in [0.2, 0.25) is 0 Å². The van der Waals surface area contributed by atoms with Crippen molar-refractivity contribution in [2.24, 2.45) is 10.7 Å². The predicted molar refractivity (Wildman–Crippen MR) is 121 cm³/mol. The first kappa shape index (κ1) is 35.7. The zero-order chi connectivity index (χ0) is 28.6. The monoisotopic (exact) mass is 575 g/mol. The molecule has 8 atom stereocenters. The van der Waals surface area contributed by atoms with E-state index in [0.717, 1.165) is 0 Å². The molecule has 18 nitrogen and oxygen atoms in total. The molecule has 36 heavy (non-hydrogen) atoms. The molecule has 0 saturated carbocycles. The van der Waals surface area contributed by atoms with Crippen LogP contribution in [0.3, 0.4) is 0 Å². The molecule has 0 unspecified atom stereocenters. The Bertz CT molecular complexity index is 703. The third-order valence-electron chi connectivity index (χ3n) is 5.27. The van der Waals surface area contributed by atoms with Crippen LogP contribution < -0.4 is 5.73 Å². The Morgan fingerprint density at radius 1 is 0.750 bits per heavy atom. The minimum Gasteiger partial charge on any atom is -0.394 e. The van der Waals surface area contributed by atoms with Crippen LogP contribution in [0.1, 0.15) is 12.8 Å². The largest absolute Gasteiger partial charge is 0.410 e. The van der Waals surface area contributed by atoms with Gasteiger partial charge in [0.25, 0.3) is 0 Å². The van der Waals surface area contributed by atoms with Gasteiger partial charge in [0.1, 0.15) is 36.6 Å². The molecule has 0 spiro atoms. The van der Waals surface area contributed by atoms with E-state index in [-0.39, 0.29) is 0 Å². The van der Waals surface area contributed by atoms with E-state index in [9.17, 15) is 69.9 Å². The topological polar surface area (TPSA) is 359 Å². The van der Waals surface area contributed by atoms with Crippen LogP contribution in [0.5, 0.6) is 0 Å². The minimum absolute atomic E-state index is 0.866. The average molecular weight is 575 g/mol. The number of hydrogen-bond acceptors (Lipinski definition) is 16. The molecule has 216 valence electrons. The normalized spacial score (nSPS) is 20.8. The van der Waals surface area contributed by atoms with Crippen LogP contribution in [-0.2, 0) is 4.57 Å². The van der Waals surface area contributed by atoms with Gasteiger partial charge in [0.05, 0.1) is 31.0 Å². The Labute approximate surface area is 205 Å². The fourth-order valence-electron chi connectivity index (χ4n) is 3.19. The van der Waals surface area contributed by atoms with Crippen molar-refractivity contribution < 1.29 is 80.1 Å². The molecule has 0 aliphatic heterocycles. The van der Waals surface area contributed by atoms with E-state index in [0.29, 0.717) is 0 Å². The van der Waals surface area contributed by atoms with Crippen LogP contribution >= 0.6 is 15.5 Å². The molecule has 0 saturated heterocycles. The summed E-state index contributed by atoms with van der Waals surface area (Å²) in [7, 11) is -10.4. The van der Waals surface area contributed by atoms with E-state index in [1.807, 2.05) is 0 Å². The molecule has 0 rings (SSSR count). The van der Waals surface area contributed by atoms with E-state index in [2.05, 4.69) is 4.99 Å². The second-order valence-electron chi connectivity index (χ2n) is 8.36. The first-order valence-corrected chi connectivity index (χ1v) is 13.8. The summed E-state index contributed by atoms with van der Waals surface area (Å²) in [4.78, 5) is 50.7. The van der Waals surface area contributed by atoms with Gasteiger partial charge in [0.15, 0.2) is 11.6 Å². The zero-order valence-electron chi connectivity index (χ0n) is 18.9. The third-order valence-corrected chi connectivity index (χ3v) is 7.17. The number of aliphatic imine (C=N–C) groups is 1. The summed E-state index contributed by atoms with van der Waals surface area (Å²) in [5, 5.41) is 97.5. The lowest BCUT2D eigenvalue weighted by Gasteiger charge is -2.37. The molecular weight excluding hydrogens is 538 g/mol. The van der Waals surface area contributed by atoms with E-state index in [1.54, 1.807) is 0 Å². The van der Waals surface area contributed by atoms with Gasteiger partial charge in [0.2, 0.25) is 0 Å². The molecule has 17 N–H and O–H groups in total. The molecule has 0 aromatic rings. The summed E-state index contributed by atoms with van der Waals surface area (Å²) in [6.07, 6.45) is -20.5. The van der Waals surface area contributed by atoms with Gasteiger partial charge >= 0.3 is 15.5 Å². The summed E-state index contributed by atoms with van der Waals surface area (Å²) in [6.45, 7) is -2.95. The fourth-order valence-corrected chi connectivity index (χ4v) is 5.29. The maximum absolute atomic E-state index is 11.9. The zero-order valence-corrected chi connectivity index (χ0v) is 20.7. The number of rotatable bonds is 17. The number of aliphatic hydroxyl groups is 10. The molecule has 0 aliphatic rings. The van der Waals surface area contributed by atoms with Crippen LogP contribution in [-0.4, -0.2) is 161 Å². The van der Waals surface area contributed by atoms with Gasteiger partial charge in [0, 0.05) is 19.4 Å². The summed E-state index contributed by atoms with van der Waals surface area (Å²) in [6, 6.07) is 0. The van der Waals surface area contributed by atoms with Crippen LogP contribution in [0.15, 0.2) is 4.99 Å². The number of nitrogens with two attached hydrogens (primary N) is 1. The third kappa shape index (κ3) is 11.2. The summed E-state index contributed by atoms with van der Waals surface area (Å²) < 4.78 is 11.9. The highest BCUT2D eigenvalue weighted by molar-refractivity contribution is 7.74. The van der Waals surface area contributed by atoms with Gasteiger partial charge in [-0.25, -0.2) is 0 Å². The molecule has 0 aromatic carbocycles. The number of aliphatic hydroxyl groups excluding tert-OH is 10. The molecule has 0 aromatic heterocycles. The van der Waals surface area contributed by atoms with Crippen molar-refractivity contribution >= 4 is 21.0 Å². The molecule has 0 radical (unpaired) electrons. The highest BCUT2D eigenvalue weighted by atomic mass is 31.2. The SMILES string of the molecule is NCC(C[C@H](O)[C@@H](O)[C@H](O)[C@H](O)CO)(C[C@H](O)[C@@H](O)[C@H](O)[C@H](O)CO)N=C(C[P+](O)(O)O)P(=O)(O)O. The quantitative estimate of drug-likeness (QED) is 0.0565. The fraction of sp³-hybridized carbons (Fsp3) is 0.938. The maximum atomic E-state index is 11.9. The van der Waals surface area contributed by atoms with Crippen molar-refractivity contribution in [2.75, 3.05) is 25.9 Å². The van der Waals surface area contributed by atoms with Gasteiger partial charge in [-0.1, -0.05) is 0 Å². The summed E-state index contributed by atoms with van der Waals surface area (Å²) in [5.74, 6) is 0. The van der Waals surface area contributed by atoms with E-state index in [4.69, 9.17) is 15.9 Å². The Balaban J connectivity index is 6.53. The van der Waals surface area contributed by atoms with Crippen LogP contribution in [0, 0.1) is 0 Å². The summed E-state index contributed by atoms with van der Waals surface area (Å²) >= 11 is 0. The first-order valence-electron chi connectivity index (χ1n) is 10.3. The van der Waals surface area contributed by atoms with Crippen molar-refractivity contribution in [1.29, 1.82) is 0 Å². The van der Waals surface area contributed by atoms with E-state index in [1.165, 1.54) is 0 Å². The van der Waals surface area contributed by atoms with Crippen LogP contribution in [0.25, 0.3) is 0 Å². The lowest BCUT2D eigenvalue weighted by molar-refractivity contribution is -0.128. The average Bonchev–Trinajstić information content (AvgIpc) is 2.78. The number of nitrogens with zero attached hydrogens (tertiary/aromatic N) is 1. The summed E-state index contributed by atoms with van der Waals surface area (Å²) in [5.41, 5.74) is 1.95. The van der Waals surface area contributed by atoms with Crippen molar-refractivity contribution in [2.45, 2.75) is 67.2 Å². The van der Waals surface area contributed by atoms with Crippen molar-refractivity contribution in [1.82, 2.24) is 0 Å². The molecule has 0 heterocycles. The number of hydrogen-bond donors (Lipinski definition) is 16. The highest BCUT2D eigenvalue weighted by Crippen LogP contribution is 2.51. The van der Waals surface area contributed by atoms with Gasteiger partial charge in [-0.3, -0.25) is 9.56 Å². The lowest BCUT2D eigenvalue weighted by Crippen LogP contribution is -2.53. The first-order chi connectivity index (χ1) is 16.2. The maximum Gasteiger partial charge on any atom is 0.410 e. The Morgan fingerprint density at radius 3 is 1.33 bits per heavy atom. The Kier molecular flexibility index (Phi) is 14.6. The van der Waals surface area contributed by atoms with Gasteiger partial charge in [-0.05, 0) is 0 Å². The Hall–Kier alpha value is -0.310. The lowest BCUT2D eigenvalue weighted by atomic mass is 9.82. The van der Waals surface area contributed by atoms with E-state index >= 15 is 0 Å². The van der Waals surface area contributed by atoms with Crippen molar-refractivity contribution in [3.8, 4) is 0 Å². The van der Waals surface area contributed by atoms with Gasteiger partial charge in [-0.2, -0.15) is 14.7 Å². The van der Waals surface area contributed by atoms with Crippen molar-refractivity contribution in [3.05, 3.63) is 0 Å². The highest BCUT2D eigenvalue weighted by Gasteiger charge is 2.46. The second kappa shape index (κ2) is 14.7. The molecule has 0 aliphatic carbocycles. The van der Waals surface area contributed by atoms with Gasteiger partial charge in [-0.15, -0.1) is 0 Å². The molecule has 0 bridgehead atoms. The van der Waals surface area contributed by atoms with Gasteiger partial charge < -0.3 is 66.6 Å². The molecule has 0 amide bonds. The molecule has 0 fully saturated rings. The van der Waals surface area contributed by atoms with E-state index < -0.39 is 114 Å². The smallest absolute Gasteiger partial charge is 0.394 e. The molecule has 20 heteroatoms. The molecular formula is C16H37N2O16P2+. The standard InChI is InChI=1S/C16H36N2O16P2/c17-6-16(1-7(21)12(25)14(27)9(23)3-19,2-8(22)13(26)15(28)10(24)4-20)18-11(36(32,33)34)5-35(29,30)31/h7-10,12-15,19-31H,1-6,17H2,(H-,32,33,34)/p+1/t7-,8-,9+,10+,12+,13+,14+,15+/m0/s1. The van der Waals surface area contributed by atoms with Crippen molar-refractivity contribution in [3.63, 3.8) is 0 Å². The minimum atomic E-state index is -5.49. The second-order valence-corrected chi connectivity index (χ2v) is 11.7. The predicted octanol–water partition coefficient (Wildman–Crippen LogP) is -7.35. The Morgan fingerprint density at radius 2 is 1.08 bits per heavy atom. The van der Waals surface area contributed by atoms with Crippen LogP contribution in [0.4, 0.5) is 0 Å².